The highest BCUT2D eigenvalue weighted by molar-refractivity contribution is 5.87. The Hall–Kier alpha value is -1.10. The van der Waals surface area contributed by atoms with E-state index in [4.69, 9.17) is 5.11 Å². The third-order valence-electron chi connectivity index (χ3n) is 2.77. The van der Waals surface area contributed by atoms with E-state index in [0.717, 1.165) is 19.3 Å². The highest BCUT2D eigenvalue weighted by Gasteiger charge is 2.40. The normalized spacial score (nSPS) is 19.5. The van der Waals surface area contributed by atoms with Crippen molar-refractivity contribution < 1.29 is 19.4 Å². The minimum absolute atomic E-state index is 0.0883. The van der Waals surface area contributed by atoms with Gasteiger partial charge in [0.15, 0.2) is 0 Å². The van der Waals surface area contributed by atoms with Crippen LogP contribution >= 0.6 is 0 Å². The molecule has 0 aromatic rings. The fourth-order valence-electron chi connectivity index (χ4n) is 1.98. The van der Waals surface area contributed by atoms with Crippen LogP contribution in [0.4, 0.5) is 0 Å². The predicted molar refractivity (Wildman–Crippen MR) is 53.5 cm³/mol. The molecule has 15 heavy (non-hydrogen) atoms. The summed E-state index contributed by atoms with van der Waals surface area (Å²) in [6.07, 6.45) is 3.75. The minimum atomic E-state index is -1.06. The zero-order chi connectivity index (χ0) is 11.3. The molecule has 0 bridgehead atoms. The maximum Gasteiger partial charge on any atom is 0.329 e. The Morgan fingerprint density at radius 2 is 1.93 bits per heavy atom. The Morgan fingerprint density at radius 3 is 2.40 bits per heavy atom. The van der Waals surface area contributed by atoms with Crippen molar-refractivity contribution >= 4 is 11.9 Å². The first-order chi connectivity index (χ1) is 7.10. The van der Waals surface area contributed by atoms with Crippen molar-refractivity contribution in [2.24, 2.45) is 0 Å². The summed E-state index contributed by atoms with van der Waals surface area (Å²) < 4.78 is 4.66. The molecule has 0 heterocycles. The number of hydrogen-bond acceptors (Lipinski definition) is 3. The number of carboxylic acids is 1. The molecule has 1 rings (SSSR count). The summed E-state index contributed by atoms with van der Waals surface area (Å²) in [6.45, 7) is -0.0883. The van der Waals surface area contributed by atoms with E-state index in [1.54, 1.807) is 0 Å². The maximum absolute atomic E-state index is 11.3. The Balaban J connectivity index is 2.64. The third-order valence-corrected chi connectivity index (χ3v) is 2.77. The number of amides is 1. The van der Waals surface area contributed by atoms with E-state index < -0.39 is 11.5 Å². The molecule has 5 heteroatoms. The second kappa shape index (κ2) is 5.11. The average Bonchev–Trinajstić information content (AvgIpc) is 2.19. The van der Waals surface area contributed by atoms with Gasteiger partial charge in [-0.15, -0.1) is 0 Å². The van der Waals surface area contributed by atoms with Crippen molar-refractivity contribution in [1.29, 1.82) is 0 Å². The molecule has 0 atom stereocenters. The fourth-order valence-corrected chi connectivity index (χ4v) is 1.98. The second-order valence-electron chi connectivity index (χ2n) is 3.93. The van der Waals surface area contributed by atoms with Gasteiger partial charge in [0, 0.05) is 7.11 Å². The maximum atomic E-state index is 11.3. The van der Waals surface area contributed by atoms with Crippen molar-refractivity contribution in [3.63, 3.8) is 0 Å². The first-order valence-corrected chi connectivity index (χ1v) is 5.14. The number of hydrogen-bond donors (Lipinski definition) is 2. The summed E-state index contributed by atoms with van der Waals surface area (Å²) in [5.41, 5.74) is -1.06. The average molecular weight is 215 g/mol. The summed E-state index contributed by atoms with van der Waals surface area (Å²) in [5, 5.41) is 11.7. The van der Waals surface area contributed by atoms with Gasteiger partial charge in [0.2, 0.25) is 5.91 Å². The van der Waals surface area contributed by atoms with E-state index in [2.05, 4.69) is 10.1 Å². The van der Waals surface area contributed by atoms with Gasteiger partial charge in [-0.1, -0.05) is 19.3 Å². The molecule has 86 valence electrons. The van der Waals surface area contributed by atoms with E-state index in [-0.39, 0.29) is 12.5 Å². The summed E-state index contributed by atoms with van der Waals surface area (Å²) in [6, 6.07) is 0. The van der Waals surface area contributed by atoms with Crippen LogP contribution in [0.15, 0.2) is 0 Å². The van der Waals surface area contributed by atoms with Crippen molar-refractivity contribution in [3.05, 3.63) is 0 Å². The number of carboxylic acid groups (broad SMARTS) is 1. The van der Waals surface area contributed by atoms with Crippen LogP contribution in [-0.2, 0) is 14.3 Å². The van der Waals surface area contributed by atoms with Gasteiger partial charge in [0.1, 0.15) is 12.1 Å². The van der Waals surface area contributed by atoms with Gasteiger partial charge >= 0.3 is 5.97 Å². The molecule has 1 saturated carbocycles. The Labute approximate surface area is 88.8 Å². The number of aliphatic carboxylic acids is 1. The van der Waals surface area contributed by atoms with E-state index in [0.29, 0.717) is 12.8 Å². The molecule has 0 unspecified atom stereocenters. The lowest BCUT2D eigenvalue weighted by Gasteiger charge is -2.33. The molecular formula is C10H17NO4. The number of rotatable bonds is 4. The molecule has 1 fully saturated rings. The van der Waals surface area contributed by atoms with Gasteiger partial charge < -0.3 is 15.2 Å². The van der Waals surface area contributed by atoms with Crippen LogP contribution in [0.1, 0.15) is 32.1 Å². The molecular weight excluding hydrogens is 198 g/mol. The molecule has 5 nitrogen and oxygen atoms in total. The van der Waals surface area contributed by atoms with Crippen LogP contribution in [0.5, 0.6) is 0 Å². The van der Waals surface area contributed by atoms with E-state index in [9.17, 15) is 9.59 Å². The molecule has 0 radical (unpaired) electrons. The van der Waals surface area contributed by atoms with Crippen molar-refractivity contribution in [3.8, 4) is 0 Å². The van der Waals surface area contributed by atoms with Crippen LogP contribution < -0.4 is 5.32 Å². The molecule has 0 aromatic carbocycles. The molecule has 0 saturated heterocycles. The van der Waals surface area contributed by atoms with Crippen LogP contribution in [0, 0.1) is 0 Å². The highest BCUT2D eigenvalue weighted by atomic mass is 16.5. The van der Waals surface area contributed by atoms with Crippen molar-refractivity contribution in [2.75, 3.05) is 13.7 Å². The third kappa shape index (κ3) is 2.92. The van der Waals surface area contributed by atoms with Gasteiger partial charge in [-0.25, -0.2) is 4.79 Å². The first kappa shape index (κ1) is 12.0. The quantitative estimate of drug-likeness (QED) is 0.717. The molecule has 1 amide bonds. The summed E-state index contributed by atoms with van der Waals surface area (Å²) in [7, 11) is 1.41. The van der Waals surface area contributed by atoms with Crippen LogP contribution in [-0.4, -0.2) is 36.2 Å². The lowest BCUT2D eigenvalue weighted by Crippen LogP contribution is -2.56. The largest absolute Gasteiger partial charge is 0.480 e. The van der Waals surface area contributed by atoms with Gasteiger partial charge in [0.25, 0.3) is 0 Å². The fraction of sp³-hybridized carbons (Fsp3) is 0.800. The molecule has 2 N–H and O–H groups in total. The number of ether oxygens (including phenoxy) is 1. The standard InChI is InChI=1S/C10H17NO4/c1-15-7-8(12)11-10(9(13)14)5-3-2-4-6-10/h2-7H2,1H3,(H,11,12)(H,13,14). The smallest absolute Gasteiger partial charge is 0.329 e. The number of carbonyl (C=O) groups excluding carboxylic acids is 1. The van der Waals surface area contributed by atoms with Crippen molar-refractivity contribution in [1.82, 2.24) is 5.32 Å². The van der Waals surface area contributed by atoms with Crippen LogP contribution in [0.2, 0.25) is 0 Å². The minimum Gasteiger partial charge on any atom is -0.480 e. The van der Waals surface area contributed by atoms with E-state index >= 15 is 0 Å². The van der Waals surface area contributed by atoms with Gasteiger partial charge in [-0.3, -0.25) is 4.79 Å². The highest BCUT2D eigenvalue weighted by Crippen LogP contribution is 2.28. The monoisotopic (exact) mass is 215 g/mol. The van der Waals surface area contributed by atoms with Gasteiger partial charge in [0.05, 0.1) is 0 Å². The SMILES string of the molecule is COCC(=O)NC1(C(=O)O)CCCCC1. The molecule has 0 aromatic heterocycles. The van der Waals surface area contributed by atoms with Gasteiger partial charge in [-0.2, -0.15) is 0 Å². The number of carbonyl (C=O) groups is 2. The van der Waals surface area contributed by atoms with Crippen LogP contribution in [0.3, 0.4) is 0 Å². The van der Waals surface area contributed by atoms with Crippen molar-refractivity contribution in [2.45, 2.75) is 37.6 Å². The summed E-state index contributed by atoms with van der Waals surface area (Å²) >= 11 is 0. The zero-order valence-electron chi connectivity index (χ0n) is 8.91. The first-order valence-electron chi connectivity index (χ1n) is 5.14. The lowest BCUT2D eigenvalue weighted by atomic mass is 9.81. The molecule has 1 aliphatic carbocycles. The zero-order valence-corrected chi connectivity index (χ0v) is 8.91. The molecule has 1 aliphatic rings. The number of nitrogens with one attached hydrogen (secondary N) is 1. The summed E-state index contributed by atoms with van der Waals surface area (Å²) in [4.78, 5) is 22.5. The van der Waals surface area contributed by atoms with Gasteiger partial charge in [-0.05, 0) is 12.8 Å². The Morgan fingerprint density at radius 1 is 1.33 bits per heavy atom. The predicted octanol–water partition coefficient (Wildman–Crippen LogP) is 0.536. The number of methoxy groups -OCH3 is 1. The Kier molecular flexibility index (Phi) is 4.08. The topological polar surface area (TPSA) is 75.6 Å². The lowest BCUT2D eigenvalue weighted by molar-refractivity contribution is -0.149. The molecule has 0 aliphatic heterocycles. The summed E-state index contributed by atoms with van der Waals surface area (Å²) in [5.74, 6) is -1.30. The van der Waals surface area contributed by atoms with E-state index in [1.807, 2.05) is 0 Å². The Bertz CT molecular complexity index is 246. The van der Waals surface area contributed by atoms with Crippen LogP contribution in [0.25, 0.3) is 0 Å². The van der Waals surface area contributed by atoms with E-state index in [1.165, 1.54) is 7.11 Å². The second-order valence-corrected chi connectivity index (χ2v) is 3.93. The molecule has 0 spiro atoms.